The zero-order valence-electron chi connectivity index (χ0n) is 12.3. The van der Waals surface area contributed by atoms with Gasteiger partial charge in [0.05, 0.1) is 17.1 Å². The van der Waals surface area contributed by atoms with Gasteiger partial charge < -0.3 is 10.2 Å². The number of carbonyl (C=O) groups excluding carboxylic acids is 1. The highest BCUT2D eigenvalue weighted by atomic mass is 19.4. The summed E-state index contributed by atoms with van der Waals surface area (Å²) < 4.78 is 38.5. The minimum Gasteiger partial charge on any atom is -0.324 e. The number of benzene rings is 1. The number of rotatable bonds is 1. The Hall–Kier alpha value is -2.31. The van der Waals surface area contributed by atoms with Crippen LogP contribution in [0.3, 0.4) is 0 Å². The van der Waals surface area contributed by atoms with Crippen molar-refractivity contribution in [1.82, 2.24) is 9.88 Å². The Morgan fingerprint density at radius 2 is 2.04 bits per heavy atom. The molecule has 4 nitrogen and oxygen atoms in total. The van der Waals surface area contributed by atoms with Gasteiger partial charge in [0.15, 0.2) is 0 Å². The van der Waals surface area contributed by atoms with Gasteiger partial charge in [-0.3, -0.25) is 4.98 Å². The fraction of sp³-hybridized carbons (Fsp3) is 0.375. The number of nitrogens with one attached hydrogen (secondary N) is 1. The van der Waals surface area contributed by atoms with Crippen LogP contribution in [0.15, 0.2) is 36.5 Å². The molecule has 2 aromatic rings. The van der Waals surface area contributed by atoms with Gasteiger partial charge in [0, 0.05) is 24.7 Å². The topological polar surface area (TPSA) is 45.2 Å². The van der Waals surface area contributed by atoms with E-state index in [0.29, 0.717) is 24.2 Å². The zero-order valence-corrected chi connectivity index (χ0v) is 12.3. The molecule has 1 aromatic heterocycles. The Bertz CT molecular complexity index is 712. The molecule has 0 radical (unpaired) electrons. The van der Waals surface area contributed by atoms with Gasteiger partial charge in [-0.2, -0.15) is 13.2 Å². The molecule has 0 saturated carbocycles. The number of piperidine rings is 1. The number of nitrogens with zero attached hydrogens (tertiary/aromatic N) is 2. The van der Waals surface area contributed by atoms with E-state index in [1.165, 1.54) is 4.90 Å². The Morgan fingerprint density at radius 1 is 1.26 bits per heavy atom. The number of halogens is 3. The van der Waals surface area contributed by atoms with E-state index in [1.807, 2.05) is 12.1 Å². The highest BCUT2D eigenvalue weighted by molar-refractivity contribution is 5.99. The lowest BCUT2D eigenvalue weighted by molar-refractivity contribution is -0.183. The van der Waals surface area contributed by atoms with Crippen LogP contribution in [0.5, 0.6) is 0 Å². The van der Waals surface area contributed by atoms with Crippen LogP contribution in [0.1, 0.15) is 12.8 Å². The summed E-state index contributed by atoms with van der Waals surface area (Å²) in [6.45, 7) is 0.0319. The first kappa shape index (κ1) is 15.6. The van der Waals surface area contributed by atoms with Gasteiger partial charge in [-0.05, 0) is 25.0 Å². The molecule has 1 aromatic carbocycles. The first-order valence-corrected chi connectivity index (χ1v) is 7.41. The molecule has 23 heavy (non-hydrogen) atoms. The number of likely N-dealkylation sites (tertiary alicyclic amines) is 1. The van der Waals surface area contributed by atoms with E-state index in [1.54, 1.807) is 24.4 Å². The van der Waals surface area contributed by atoms with Gasteiger partial charge in [0.1, 0.15) is 0 Å². The lowest BCUT2D eigenvalue weighted by atomic mass is 9.98. The van der Waals surface area contributed by atoms with Crippen LogP contribution in [0.2, 0.25) is 0 Å². The van der Waals surface area contributed by atoms with E-state index in [2.05, 4.69) is 10.3 Å². The molecule has 0 aliphatic carbocycles. The second-order valence-electron chi connectivity index (χ2n) is 5.64. The fourth-order valence-electron chi connectivity index (χ4n) is 2.83. The number of para-hydroxylation sites is 1. The van der Waals surface area contributed by atoms with Crippen LogP contribution in [0.25, 0.3) is 10.9 Å². The molecular formula is C16H16F3N3O. The lowest BCUT2D eigenvalue weighted by Crippen LogP contribution is -2.46. The summed E-state index contributed by atoms with van der Waals surface area (Å²) in [4.78, 5) is 17.7. The molecule has 1 N–H and O–H groups in total. The van der Waals surface area contributed by atoms with Gasteiger partial charge >= 0.3 is 12.2 Å². The first-order valence-electron chi connectivity index (χ1n) is 7.41. The van der Waals surface area contributed by atoms with E-state index < -0.39 is 18.1 Å². The number of hydrogen-bond acceptors (Lipinski definition) is 2. The fourth-order valence-corrected chi connectivity index (χ4v) is 2.83. The molecule has 2 amide bonds. The summed E-state index contributed by atoms with van der Waals surface area (Å²) in [6.07, 6.45) is -2.23. The van der Waals surface area contributed by atoms with Gasteiger partial charge in [0.2, 0.25) is 0 Å². The summed E-state index contributed by atoms with van der Waals surface area (Å²) in [5.41, 5.74) is 1.12. The molecule has 1 unspecified atom stereocenters. The Labute approximate surface area is 131 Å². The molecule has 1 fully saturated rings. The third-order valence-electron chi connectivity index (χ3n) is 4.05. The summed E-state index contributed by atoms with van der Waals surface area (Å²) in [7, 11) is 0. The second kappa shape index (κ2) is 6.06. The number of anilines is 1. The quantitative estimate of drug-likeness (QED) is 0.861. The number of pyridine rings is 1. The first-order chi connectivity index (χ1) is 10.9. The van der Waals surface area contributed by atoms with E-state index in [9.17, 15) is 18.0 Å². The molecule has 0 spiro atoms. The molecule has 2 heterocycles. The predicted molar refractivity (Wildman–Crippen MR) is 81.1 cm³/mol. The third-order valence-corrected chi connectivity index (χ3v) is 4.05. The summed E-state index contributed by atoms with van der Waals surface area (Å²) >= 11 is 0. The Balaban J connectivity index is 1.76. The maximum atomic E-state index is 12.8. The van der Waals surface area contributed by atoms with Gasteiger partial charge in [0.25, 0.3) is 0 Å². The summed E-state index contributed by atoms with van der Waals surface area (Å²) in [5.74, 6) is -1.45. The maximum Gasteiger partial charge on any atom is 0.393 e. The molecule has 1 atom stereocenters. The van der Waals surface area contributed by atoms with Crippen molar-refractivity contribution in [1.29, 1.82) is 0 Å². The van der Waals surface area contributed by atoms with Gasteiger partial charge in [-0.25, -0.2) is 4.79 Å². The van der Waals surface area contributed by atoms with Crippen LogP contribution < -0.4 is 5.32 Å². The van der Waals surface area contributed by atoms with Crippen molar-refractivity contribution in [3.05, 3.63) is 36.5 Å². The maximum absolute atomic E-state index is 12.8. The van der Waals surface area contributed by atoms with Crippen molar-refractivity contribution in [3.8, 4) is 0 Å². The highest BCUT2D eigenvalue weighted by Crippen LogP contribution is 2.33. The largest absolute Gasteiger partial charge is 0.393 e. The van der Waals surface area contributed by atoms with Crippen molar-refractivity contribution in [2.75, 3.05) is 18.4 Å². The number of urea groups is 1. The molecule has 1 saturated heterocycles. The highest BCUT2D eigenvalue weighted by Gasteiger charge is 2.42. The molecule has 1 aliphatic heterocycles. The number of alkyl halides is 3. The number of carbonyl (C=O) groups is 1. The minimum absolute atomic E-state index is 0.0725. The van der Waals surface area contributed by atoms with Crippen molar-refractivity contribution >= 4 is 22.6 Å². The molecular weight excluding hydrogens is 307 g/mol. The van der Waals surface area contributed by atoms with Crippen LogP contribution in [-0.4, -0.2) is 35.2 Å². The molecule has 3 rings (SSSR count). The third kappa shape index (κ3) is 3.38. The molecule has 0 bridgehead atoms. The van der Waals surface area contributed by atoms with Gasteiger partial charge in [-0.15, -0.1) is 0 Å². The van der Waals surface area contributed by atoms with Crippen molar-refractivity contribution in [3.63, 3.8) is 0 Å². The summed E-state index contributed by atoms with van der Waals surface area (Å²) in [6, 6.07) is 8.45. The minimum atomic E-state index is -4.26. The van der Waals surface area contributed by atoms with E-state index in [0.717, 1.165) is 5.39 Å². The monoisotopic (exact) mass is 323 g/mol. The van der Waals surface area contributed by atoms with Crippen molar-refractivity contribution in [2.24, 2.45) is 5.92 Å². The second-order valence-corrected chi connectivity index (χ2v) is 5.64. The smallest absolute Gasteiger partial charge is 0.324 e. The number of hydrogen-bond donors (Lipinski definition) is 1. The van der Waals surface area contributed by atoms with Crippen LogP contribution >= 0.6 is 0 Å². The average molecular weight is 323 g/mol. The standard InChI is InChI=1S/C16H16F3N3O/c17-16(18,19)12-6-3-9-22(10-12)15(23)21-13-7-1-4-11-5-2-8-20-14(11)13/h1-2,4-5,7-8,12H,3,6,9-10H2,(H,21,23). The lowest BCUT2D eigenvalue weighted by Gasteiger charge is -2.33. The molecule has 1 aliphatic rings. The van der Waals surface area contributed by atoms with Crippen molar-refractivity contribution < 1.29 is 18.0 Å². The van der Waals surface area contributed by atoms with Crippen molar-refractivity contribution in [2.45, 2.75) is 19.0 Å². The SMILES string of the molecule is O=C(Nc1cccc2cccnc12)N1CCCC(C(F)(F)F)C1. The van der Waals surface area contributed by atoms with Gasteiger partial charge in [-0.1, -0.05) is 18.2 Å². The van der Waals surface area contributed by atoms with E-state index >= 15 is 0 Å². The number of amides is 2. The molecule has 122 valence electrons. The number of aromatic nitrogens is 1. The Morgan fingerprint density at radius 3 is 2.83 bits per heavy atom. The zero-order chi connectivity index (χ0) is 16.4. The van der Waals surface area contributed by atoms with Crippen LogP contribution in [0.4, 0.5) is 23.7 Å². The van der Waals surface area contributed by atoms with E-state index in [4.69, 9.17) is 0 Å². The normalized spacial score (nSPS) is 18.9. The number of fused-ring (bicyclic) bond motifs is 1. The Kier molecular flexibility index (Phi) is 4.11. The summed E-state index contributed by atoms with van der Waals surface area (Å²) in [5, 5.41) is 3.54. The van der Waals surface area contributed by atoms with E-state index in [-0.39, 0.29) is 13.0 Å². The van der Waals surface area contributed by atoms with Crippen LogP contribution in [0, 0.1) is 5.92 Å². The average Bonchev–Trinajstić information content (AvgIpc) is 2.54. The van der Waals surface area contributed by atoms with Crippen LogP contribution in [-0.2, 0) is 0 Å². The predicted octanol–water partition coefficient (Wildman–Crippen LogP) is 4.04. The molecule has 7 heteroatoms.